The number of hydrogen-bond acceptors (Lipinski definition) is 3. The van der Waals surface area contributed by atoms with E-state index >= 15 is 0 Å². The summed E-state index contributed by atoms with van der Waals surface area (Å²) in [4.78, 5) is 3.44. The van der Waals surface area contributed by atoms with Crippen LogP contribution in [0.1, 0.15) is 16.5 Å². The van der Waals surface area contributed by atoms with Gasteiger partial charge in [-0.05, 0) is 23.9 Å². The number of thiophene rings is 1. The van der Waals surface area contributed by atoms with Gasteiger partial charge in [-0.3, -0.25) is 4.90 Å². The molecule has 1 aromatic heterocycles. The molecule has 0 aromatic carbocycles. The van der Waals surface area contributed by atoms with Crippen molar-refractivity contribution < 1.29 is 4.39 Å². The first kappa shape index (κ1) is 17.1. The fraction of sp³-hybridized carbons (Fsp3) is 0.636. The summed E-state index contributed by atoms with van der Waals surface area (Å²) in [6, 6.07) is 2.05. The highest BCUT2D eigenvalue weighted by Crippen LogP contribution is 2.29. The number of aryl methyl sites for hydroxylation is 1. The predicted octanol–water partition coefficient (Wildman–Crippen LogP) is 2.82. The molecule has 0 unspecified atom stereocenters. The molecule has 1 aromatic rings. The van der Waals surface area contributed by atoms with Crippen LogP contribution in [-0.2, 0) is 0 Å². The van der Waals surface area contributed by atoms with Crippen molar-refractivity contribution in [2.24, 2.45) is 0 Å². The highest BCUT2D eigenvalue weighted by atomic mass is 35.5. The molecule has 0 amide bonds. The van der Waals surface area contributed by atoms with Gasteiger partial charge in [-0.25, -0.2) is 4.39 Å². The van der Waals surface area contributed by atoms with Gasteiger partial charge in [-0.15, -0.1) is 36.2 Å². The van der Waals surface area contributed by atoms with Gasteiger partial charge >= 0.3 is 0 Å². The van der Waals surface area contributed by atoms with E-state index < -0.39 is 0 Å². The first-order valence-corrected chi connectivity index (χ1v) is 6.25. The minimum Gasteiger partial charge on any atom is -0.314 e. The molecule has 1 N–H and O–H groups in total. The van der Waals surface area contributed by atoms with Crippen molar-refractivity contribution in [3.8, 4) is 0 Å². The van der Waals surface area contributed by atoms with Crippen molar-refractivity contribution in [1.29, 1.82) is 0 Å². The Hall–Kier alpha value is 0.130. The van der Waals surface area contributed by atoms with Crippen LogP contribution in [0.15, 0.2) is 11.4 Å². The van der Waals surface area contributed by atoms with Crippen LogP contribution in [0.4, 0.5) is 4.39 Å². The minimum absolute atomic E-state index is 0. The Morgan fingerprint density at radius 1 is 1.41 bits per heavy atom. The van der Waals surface area contributed by atoms with Gasteiger partial charge in [-0.2, -0.15) is 0 Å². The lowest BCUT2D eigenvalue weighted by Gasteiger charge is -2.33. The van der Waals surface area contributed by atoms with Gasteiger partial charge in [0.2, 0.25) is 0 Å². The summed E-state index contributed by atoms with van der Waals surface area (Å²) in [7, 11) is 0. The van der Waals surface area contributed by atoms with Crippen molar-refractivity contribution in [2.75, 3.05) is 32.9 Å². The van der Waals surface area contributed by atoms with Crippen LogP contribution in [0.3, 0.4) is 0 Å². The highest BCUT2D eigenvalue weighted by molar-refractivity contribution is 7.10. The summed E-state index contributed by atoms with van der Waals surface area (Å²) in [6.07, 6.45) is 0. The van der Waals surface area contributed by atoms with Gasteiger partial charge in [-0.1, -0.05) is 0 Å². The lowest BCUT2D eigenvalue weighted by molar-refractivity contribution is 0.149. The molecule has 0 aliphatic carbocycles. The number of hydrogen-bond donors (Lipinski definition) is 1. The van der Waals surface area contributed by atoms with E-state index in [1.165, 1.54) is 10.4 Å². The van der Waals surface area contributed by atoms with Gasteiger partial charge in [0, 0.05) is 31.1 Å². The maximum atomic E-state index is 13.1. The van der Waals surface area contributed by atoms with Crippen LogP contribution in [0.5, 0.6) is 0 Å². The van der Waals surface area contributed by atoms with Crippen molar-refractivity contribution in [3.63, 3.8) is 0 Å². The van der Waals surface area contributed by atoms with Gasteiger partial charge < -0.3 is 5.32 Å². The lowest BCUT2D eigenvalue weighted by atomic mass is 10.1. The molecule has 1 aliphatic heterocycles. The Morgan fingerprint density at radius 3 is 2.53 bits per heavy atom. The van der Waals surface area contributed by atoms with Crippen molar-refractivity contribution >= 4 is 36.2 Å². The molecule has 0 radical (unpaired) electrons. The Morgan fingerprint density at radius 2 is 2.06 bits per heavy atom. The fourth-order valence-corrected chi connectivity index (χ4v) is 3.09. The van der Waals surface area contributed by atoms with Crippen molar-refractivity contribution in [1.82, 2.24) is 10.2 Å². The molecule has 1 aliphatic rings. The first-order chi connectivity index (χ1) is 7.33. The third kappa shape index (κ3) is 4.07. The zero-order chi connectivity index (χ0) is 10.7. The summed E-state index contributed by atoms with van der Waals surface area (Å²) < 4.78 is 13.1. The van der Waals surface area contributed by atoms with Crippen molar-refractivity contribution in [2.45, 2.75) is 13.0 Å². The Kier molecular flexibility index (Phi) is 8.33. The topological polar surface area (TPSA) is 15.3 Å². The second kappa shape index (κ2) is 8.27. The smallest absolute Gasteiger partial charge is 0.110 e. The monoisotopic (exact) mass is 300 g/mol. The maximum Gasteiger partial charge on any atom is 0.110 e. The van der Waals surface area contributed by atoms with E-state index in [2.05, 4.69) is 28.6 Å². The van der Waals surface area contributed by atoms with E-state index in [1.807, 2.05) is 0 Å². The number of alkyl halides is 1. The number of halogens is 3. The summed E-state index contributed by atoms with van der Waals surface area (Å²) in [6.45, 7) is 5.64. The second-order valence-electron chi connectivity index (χ2n) is 3.92. The Labute approximate surface area is 118 Å². The number of nitrogens with zero attached hydrogens (tertiary/aromatic N) is 1. The van der Waals surface area contributed by atoms with Crippen LogP contribution in [0, 0.1) is 6.92 Å². The molecule has 1 fully saturated rings. The number of rotatable bonds is 3. The molecule has 0 saturated carbocycles. The average molecular weight is 301 g/mol. The summed E-state index contributed by atoms with van der Waals surface area (Å²) >= 11 is 1.67. The predicted molar refractivity (Wildman–Crippen MR) is 76.7 cm³/mol. The van der Waals surface area contributed by atoms with Crippen LogP contribution < -0.4 is 5.32 Å². The molecule has 1 atom stereocenters. The zero-order valence-electron chi connectivity index (χ0n) is 9.82. The zero-order valence-corrected chi connectivity index (χ0v) is 12.3. The van der Waals surface area contributed by atoms with E-state index in [9.17, 15) is 4.39 Å². The molecule has 1 saturated heterocycles. The third-order valence-electron chi connectivity index (χ3n) is 2.94. The standard InChI is InChI=1S/C11H17FN2S.2ClH/c1-9-2-7-15-11(9)10(8-12)14-5-3-13-4-6-14;;/h2,7,10,13H,3-6,8H2,1H3;2*1H/t10-;;/m0../s1. The van der Waals surface area contributed by atoms with E-state index in [4.69, 9.17) is 0 Å². The summed E-state index contributed by atoms with van der Waals surface area (Å²) in [5, 5.41) is 5.34. The molecule has 0 bridgehead atoms. The highest BCUT2D eigenvalue weighted by Gasteiger charge is 2.23. The summed E-state index contributed by atoms with van der Waals surface area (Å²) in [5.41, 5.74) is 1.22. The molecule has 0 spiro atoms. The molecule has 17 heavy (non-hydrogen) atoms. The van der Waals surface area contributed by atoms with E-state index in [0.29, 0.717) is 0 Å². The van der Waals surface area contributed by atoms with Gasteiger partial charge in [0.25, 0.3) is 0 Å². The van der Waals surface area contributed by atoms with Crippen LogP contribution in [0.25, 0.3) is 0 Å². The van der Waals surface area contributed by atoms with Crippen LogP contribution in [0.2, 0.25) is 0 Å². The Bertz CT molecular complexity index is 316. The van der Waals surface area contributed by atoms with E-state index in [-0.39, 0.29) is 37.5 Å². The lowest BCUT2D eigenvalue weighted by Crippen LogP contribution is -2.45. The molecule has 2 nitrogen and oxygen atoms in total. The fourth-order valence-electron chi connectivity index (χ4n) is 2.05. The van der Waals surface area contributed by atoms with Crippen LogP contribution in [-0.4, -0.2) is 37.8 Å². The normalized spacial score (nSPS) is 18.0. The minimum atomic E-state index is -0.276. The second-order valence-corrected chi connectivity index (χ2v) is 4.87. The SMILES string of the molecule is Cc1ccsc1[C@H](CF)N1CCNCC1.Cl.Cl. The third-order valence-corrected chi connectivity index (χ3v) is 4.06. The molecule has 2 heterocycles. The summed E-state index contributed by atoms with van der Waals surface area (Å²) in [5.74, 6) is 0. The molecule has 100 valence electrons. The van der Waals surface area contributed by atoms with Crippen molar-refractivity contribution in [3.05, 3.63) is 21.9 Å². The molecule has 2 rings (SSSR count). The van der Waals surface area contributed by atoms with Crippen LogP contribution >= 0.6 is 36.2 Å². The molecular formula is C11H19Cl2FN2S. The number of nitrogens with one attached hydrogen (secondary N) is 1. The van der Waals surface area contributed by atoms with E-state index in [0.717, 1.165) is 26.2 Å². The average Bonchev–Trinajstić information content (AvgIpc) is 2.68. The number of piperazine rings is 1. The van der Waals surface area contributed by atoms with Gasteiger partial charge in [0.05, 0.1) is 6.04 Å². The Balaban J connectivity index is 0.00000128. The molecular weight excluding hydrogens is 282 g/mol. The maximum absolute atomic E-state index is 13.1. The first-order valence-electron chi connectivity index (χ1n) is 5.37. The van der Waals surface area contributed by atoms with Gasteiger partial charge in [0.15, 0.2) is 0 Å². The largest absolute Gasteiger partial charge is 0.314 e. The van der Waals surface area contributed by atoms with E-state index in [1.54, 1.807) is 11.3 Å². The van der Waals surface area contributed by atoms with Gasteiger partial charge in [0.1, 0.15) is 6.67 Å². The molecule has 6 heteroatoms. The quantitative estimate of drug-likeness (QED) is 0.923.